The monoisotopic (exact) mass is 285 g/mol. The number of halogens is 1. The highest BCUT2D eigenvalue weighted by Gasteiger charge is 2.30. The smallest absolute Gasteiger partial charge is 0.148 e. The molecule has 1 aliphatic rings. The molecular weight excluding hydrogens is 265 g/mol. The lowest BCUT2D eigenvalue weighted by atomic mass is 9.97. The van der Waals surface area contributed by atoms with E-state index in [1.54, 1.807) is 0 Å². The molecule has 1 aliphatic heterocycles. The van der Waals surface area contributed by atoms with Crippen LogP contribution >= 0.6 is 0 Å². The van der Waals surface area contributed by atoms with E-state index in [0.29, 0.717) is 18.5 Å². The number of nitrogens with zero attached hydrogens (tertiary/aromatic N) is 1. The maximum absolute atomic E-state index is 12.9. The van der Waals surface area contributed by atoms with E-state index >= 15 is 0 Å². The lowest BCUT2D eigenvalue weighted by molar-refractivity contribution is 0.283. The molecule has 0 aromatic heterocycles. The quantitative estimate of drug-likeness (QED) is 0.849. The van der Waals surface area contributed by atoms with Gasteiger partial charge < -0.3 is 0 Å². The minimum atomic E-state index is -2.91. The van der Waals surface area contributed by atoms with Gasteiger partial charge in [0.25, 0.3) is 0 Å². The third-order valence-electron chi connectivity index (χ3n) is 3.79. The highest BCUT2D eigenvalue weighted by atomic mass is 32.2. The predicted molar refractivity (Wildman–Crippen MR) is 74.5 cm³/mol. The van der Waals surface area contributed by atoms with Crippen LogP contribution in [0.3, 0.4) is 0 Å². The van der Waals surface area contributed by atoms with Gasteiger partial charge in [-0.1, -0.05) is 12.1 Å². The van der Waals surface area contributed by atoms with E-state index in [0.717, 1.165) is 18.5 Å². The van der Waals surface area contributed by atoms with Gasteiger partial charge in [-0.25, -0.2) is 12.8 Å². The van der Waals surface area contributed by atoms with E-state index in [9.17, 15) is 12.8 Å². The summed E-state index contributed by atoms with van der Waals surface area (Å²) in [7, 11) is -2.91. The van der Waals surface area contributed by atoms with Gasteiger partial charge >= 0.3 is 0 Å². The van der Waals surface area contributed by atoms with Gasteiger partial charge in [-0.2, -0.15) is 0 Å². The summed E-state index contributed by atoms with van der Waals surface area (Å²) in [5.41, 5.74) is 1.13. The minimum absolute atomic E-state index is 0.202. The van der Waals surface area contributed by atoms with E-state index < -0.39 is 9.84 Å². The lowest BCUT2D eigenvalue weighted by Gasteiger charge is -2.20. The van der Waals surface area contributed by atoms with Crippen molar-refractivity contribution < 1.29 is 12.8 Å². The first kappa shape index (κ1) is 14.5. The predicted octanol–water partition coefficient (Wildman–Crippen LogP) is 2.05. The Hall–Kier alpha value is -0.940. The third kappa shape index (κ3) is 4.01. The van der Waals surface area contributed by atoms with Crippen molar-refractivity contribution >= 4 is 9.84 Å². The fourth-order valence-electron chi connectivity index (χ4n) is 2.67. The van der Waals surface area contributed by atoms with E-state index in [1.165, 1.54) is 18.4 Å². The van der Waals surface area contributed by atoms with Crippen molar-refractivity contribution in [3.05, 3.63) is 35.6 Å². The number of rotatable bonds is 4. The van der Waals surface area contributed by atoms with Crippen LogP contribution in [0.15, 0.2) is 24.3 Å². The Balaban J connectivity index is 1.99. The van der Waals surface area contributed by atoms with Crippen LogP contribution in [0.1, 0.15) is 24.8 Å². The molecule has 3 nitrogen and oxygen atoms in total. The summed E-state index contributed by atoms with van der Waals surface area (Å²) in [6.45, 7) is 3.55. The van der Waals surface area contributed by atoms with Crippen LogP contribution in [0.4, 0.5) is 4.39 Å². The SMILES string of the molecule is C[C@H]1C[C@@H](c2ccc(F)cc2)CN1CCS(C)(=O)=O. The molecule has 2 rings (SSSR count). The van der Waals surface area contributed by atoms with E-state index in [2.05, 4.69) is 11.8 Å². The Labute approximate surface area is 114 Å². The molecule has 1 fully saturated rings. The summed E-state index contributed by atoms with van der Waals surface area (Å²) in [5, 5.41) is 0. The van der Waals surface area contributed by atoms with E-state index in [4.69, 9.17) is 0 Å². The molecule has 2 atom stereocenters. The van der Waals surface area contributed by atoms with Crippen molar-refractivity contribution in [1.82, 2.24) is 4.90 Å². The number of likely N-dealkylation sites (tertiary alicyclic amines) is 1. The van der Waals surface area contributed by atoms with Gasteiger partial charge in [0.15, 0.2) is 0 Å². The fourth-order valence-corrected chi connectivity index (χ4v) is 3.24. The first-order valence-electron chi connectivity index (χ1n) is 6.52. The Bertz CT molecular complexity index is 527. The molecule has 0 aliphatic carbocycles. The second-order valence-electron chi connectivity index (χ2n) is 5.46. The van der Waals surface area contributed by atoms with Crippen LogP contribution in [0.2, 0.25) is 0 Å². The average Bonchev–Trinajstić information content (AvgIpc) is 2.68. The zero-order valence-electron chi connectivity index (χ0n) is 11.3. The van der Waals surface area contributed by atoms with Crippen molar-refractivity contribution in [3.63, 3.8) is 0 Å². The molecule has 1 aromatic rings. The third-order valence-corrected chi connectivity index (χ3v) is 4.72. The van der Waals surface area contributed by atoms with Crippen molar-refractivity contribution in [2.24, 2.45) is 0 Å². The number of hydrogen-bond donors (Lipinski definition) is 0. The van der Waals surface area contributed by atoms with Crippen LogP contribution in [-0.2, 0) is 9.84 Å². The molecule has 1 heterocycles. The summed E-state index contributed by atoms with van der Waals surface area (Å²) in [6.07, 6.45) is 2.26. The zero-order chi connectivity index (χ0) is 14.0. The second kappa shape index (κ2) is 5.59. The molecule has 0 saturated carbocycles. The molecule has 0 spiro atoms. The summed E-state index contributed by atoms with van der Waals surface area (Å²) >= 11 is 0. The van der Waals surface area contributed by atoms with Gasteiger partial charge in [0.05, 0.1) is 5.75 Å². The Morgan fingerprint density at radius 3 is 2.53 bits per heavy atom. The molecule has 0 N–H and O–H groups in total. The van der Waals surface area contributed by atoms with Crippen LogP contribution in [-0.4, -0.2) is 44.5 Å². The molecular formula is C14H20FNO2S. The Kier molecular flexibility index (Phi) is 4.26. The fraction of sp³-hybridized carbons (Fsp3) is 0.571. The number of hydrogen-bond acceptors (Lipinski definition) is 3. The highest BCUT2D eigenvalue weighted by molar-refractivity contribution is 7.90. The van der Waals surface area contributed by atoms with Crippen LogP contribution in [0, 0.1) is 5.82 Å². The molecule has 5 heteroatoms. The molecule has 0 amide bonds. The molecule has 0 unspecified atom stereocenters. The molecule has 1 saturated heterocycles. The molecule has 0 radical (unpaired) electrons. The zero-order valence-corrected chi connectivity index (χ0v) is 12.2. The van der Waals surface area contributed by atoms with Gasteiger partial charge in [0.2, 0.25) is 0 Å². The van der Waals surface area contributed by atoms with Crippen LogP contribution in [0.5, 0.6) is 0 Å². The number of benzene rings is 1. The molecule has 106 valence electrons. The van der Waals surface area contributed by atoms with Gasteiger partial charge in [0, 0.05) is 25.4 Å². The van der Waals surface area contributed by atoms with Crippen LogP contribution < -0.4 is 0 Å². The summed E-state index contributed by atoms with van der Waals surface area (Å²) in [4.78, 5) is 2.20. The van der Waals surface area contributed by atoms with Gasteiger partial charge in [-0.3, -0.25) is 4.90 Å². The van der Waals surface area contributed by atoms with Crippen LogP contribution in [0.25, 0.3) is 0 Å². The standard InChI is InChI=1S/C14H20FNO2S/c1-11-9-13(12-3-5-14(15)6-4-12)10-16(11)7-8-19(2,17)18/h3-6,11,13H,7-10H2,1-2H3/t11-,13+/m0/s1. The maximum atomic E-state index is 12.9. The topological polar surface area (TPSA) is 37.4 Å². The summed E-state index contributed by atoms with van der Waals surface area (Å²) < 4.78 is 35.3. The molecule has 0 bridgehead atoms. The lowest BCUT2D eigenvalue weighted by Crippen LogP contribution is -2.32. The molecule has 1 aromatic carbocycles. The average molecular weight is 285 g/mol. The van der Waals surface area contributed by atoms with Crippen molar-refractivity contribution in [2.75, 3.05) is 25.1 Å². The van der Waals surface area contributed by atoms with Gasteiger partial charge in [0.1, 0.15) is 15.7 Å². The van der Waals surface area contributed by atoms with Crippen molar-refractivity contribution in [1.29, 1.82) is 0 Å². The maximum Gasteiger partial charge on any atom is 0.148 e. The summed E-state index contributed by atoms with van der Waals surface area (Å²) in [5.74, 6) is 0.354. The molecule has 19 heavy (non-hydrogen) atoms. The Morgan fingerprint density at radius 1 is 1.32 bits per heavy atom. The highest BCUT2D eigenvalue weighted by Crippen LogP contribution is 2.31. The number of sulfone groups is 1. The van der Waals surface area contributed by atoms with E-state index in [-0.39, 0.29) is 11.6 Å². The second-order valence-corrected chi connectivity index (χ2v) is 7.72. The summed E-state index contributed by atoms with van der Waals surface area (Å²) in [6, 6.07) is 6.99. The largest absolute Gasteiger partial charge is 0.299 e. The van der Waals surface area contributed by atoms with Gasteiger partial charge in [-0.15, -0.1) is 0 Å². The first-order chi connectivity index (χ1) is 8.85. The van der Waals surface area contributed by atoms with Gasteiger partial charge in [-0.05, 0) is 37.0 Å². The first-order valence-corrected chi connectivity index (χ1v) is 8.58. The van der Waals surface area contributed by atoms with Crippen molar-refractivity contribution in [3.8, 4) is 0 Å². The Morgan fingerprint density at radius 2 is 1.95 bits per heavy atom. The van der Waals surface area contributed by atoms with Crippen molar-refractivity contribution in [2.45, 2.75) is 25.3 Å². The minimum Gasteiger partial charge on any atom is -0.299 e. The van der Waals surface area contributed by atoms with E-state index in [1.807, 2.05) is 12.1 Å². The normalized spacial score (nSPS) is 24.8.